The summed E-state index contributed by atoms with van der Waals surface area (Å²) in [7, 11) is 0. The predicted molar refractivity (Wildman–Crippen MR) is 167 cm³/mol. The zero-order valence-electron chi connectivity index (χ0n) is 23.1. The van der Waals surface area contributed by atoms with Gasteiger partial charge in [0.2, 0.25) is 0 Å². The SMILES string of the molecule is CC.CC=CS.CCOc1ccc(Nc2ncnc3ccc(-c4cc[nH]c4)cc23)cc1C.Fc1ccccc1. The van der Waals surface area contributed by atoms with Crippen LogP contribution in [0.1, 0.15) is 33.3 Å². The van der Waals surface area contributed by atoms with E-state index in [9.17, 15) is 4.39 Å². The summed E-state index contributed by atoms with van der Waals surface area (Å²) in [5, 5.41) is 6.09. The van der Waals surface area contributed by atoms with Gasteiger partial charge in [-0.3, -0.25) is 0 Å². The van der Waals surface area contributed by atoms with E-state index in [4.69, 9.17) is 4.74 Å². The number of anilines is 2. The average Bonchev–Trinajstić information content (AvgIpc) is 3.52. The lowest BCUT2D eigenvalue weighted by Crippen LogP contribution is -1.98. The van der Waals surface area contributed by atoms with Gasteiger partial charge in [-0.2, -0.15) is 12.6 Å². The van der Waals surface area contributed by atoms with Gasteiger partial charge in [0.15, 0.2) is 0 Å². The van der Waals surface area contributed by atoms with Crippen LogP contribution in [0.5, 0.6) is 5.75 Å². The molecule has 0 saturated carbocycles. The second kappa shape index (κ2) is 17.4. The van der Waals surface area contributed by atoms with Crippen molar-refractivity contribution in [3.63, 3.8) is 0 Å². The van der Waals surface area contributed by atoms with Gasteiger partial charge in [-0.1, -0.05) is 44.2 Å². The van der Waals surface area contributed by atoms with Crippen molar-refractivity contribution in [2.45, 2.75) is 34.6 Å². The zero-order chi connectivity index (χ0) is 28.5. The summed E-state index contributed by atoms with van der Waals surface area (Å²) in [5.41, 5.74) is 5.23. The van der Waals surface area contributed by atoms with E-state index in [-0.39, 0.29) is 5.82 Å². The molecule has 7 heteroatoms. The smallest absolute Gasteiger partial charge is 0.141 e. The maximum absolute atomic E-state index is 11.9. The monoisotopic (exact) mass is 544 g/mol. The predicted octanol–water partition coefficient (Wildman–Crippen LogP) is 9.38. The lowest BCUT2D eigenvalue weighted by atomic mass is 10.1. The Hall–Kier alpha value is -4.10. The maximum Gasteiger partial charge on any atom is 0.141 e. The van der Waals surface area contributed by atoms with Crippen molar-refractivity contribution in [2.24, 2.45) is 0 Å². The number of thiol groups is 1. The highest BCUT2D eigenvalue weighted by Gasteiger charge is 2.08. The lowest BCUT2D eigenvalue weighted by molar-refractivity contribution is 0.338. The molecule has 0 aliphatic carbocycles. The summed E-state index contributed by atoms with van der Waals surface area (Å²) < 4.78 is 17.5. The first kappa shape index (κ1) is 31.1. The topological polar surface area (TPSA) is 62.8 Å². The van der Waals surface area contributed by atoms with Crippen molar-refractivity contribution >= 4 is 35.0 Å². The number of hydrogen-bond donors (Lipinski definition) is 3. The molecule has 0 radical (unpaired) electrons. The van der Waals surface area contributed by atoms with Crippen LogP contribution in [0.2, 0.25) is 0 Å². The van der Waals surface area contributed by atoms with Gasteiger partial charge in [0.05, 0.1) is 12.1 Å². The third kappa shape index (κ3) is 9.94. The summed E-state index contributed by atoms with van der Waals surface area (Å²) in [6, 6.07) is 22.2. The molecule has 5 nitrogen and oxygen atoms in total. The van der Waals surface area contributed by atoms with E-state index in [1.807, 2.05) is 77.4 Å². The minimum absolute atomic E-state index is 0.178. The molecular formula is C32H37FN4OS. The first-order valence-corrected chi connectivity index (χ1v) is 13.4. The number of halogens is 1. The molecule has 2 heterocycles. The van der Waals surface area contributed by atoms with Crippen molar-refractivity contribution in [1.82, 2.24) is 15.0 Å². The highest BCUT2D eigenvalue weighted by atomic mass is 32.1. The Morgan fingerprint density at radius 1 is 0.974 bits per heavy atom. The standard InChI is InChI=1S/C21H20N4O.C6H5F.C3H6S.C2H6/c1-3-26-20-7-5-17(10-14(20)2)25-21-18-11-15(16-8-9-22-12-16)4-6-19(18)23-13-24-21;7-6-4-2-1-3-5-6;1-2-3-4;1-2/h4-13,22H,3H2,1-2H3,(H,23,24,25);1-5H;2-4H,1H3;1-2H3. The van der Waals surface area contributed by atoms with Crippen LogP contribution < -0.4 is 10.1 Å². The van der Waals surface area contributed by atoms with Crippen LogP contribution in [0.25, 0.3) is 22.0 Å². The summed E-state index contributed by atoms with van der Waals surface area (Å²) in [5.74, 6) is 1.51. The molecule has 0 unspecified atom stereocenters. The molecule has 5 aromatic rings. The fraction of sp³-hybridized carbons (Fsp3) is 0.188. The Kier molecular flexibility index (Phi) is 13.9. The van der Waals surface area contributed by atoms with Crippen LogP contribution in [-0.4, -0.2) is 21.6 Å². The van der Waals surface area contributed by atoms with Gasteiger partial charge < -0.3 is 15.0 Å². The molecule has 0 aliphatic rings. The van der Waals surface area contributed by atoms with E-state index in [0.29, 0.717) is 6.61 Å². The van der Waals surface area contributed by atoms with Gasteiger partial charge >= 0.3 is 0 Å². The Morgan fingerprint density at radius 2 is 1.72 bits per heavy atom. The number of aromatic nitrogens is 3. The van der Waals surface area contributed by atoms with Crippen LogP contribution >= 0.6 is 12.6 Å². The van der Waals surface area contributed by atoms with Crippen LogP contribution in [-0.2, 0) is 0 Å². The third-order valence-corrected chi connectivity index (χ3v) is 5.48. The number of rotatable bonds is 5. The minimum atomic E-state index is -0.178. The number of H-pyrrole nitrogens is 1. The van der Waals surface area contributed by atoms with E-state index >= 15 is 0 Å². The lowest BCUT2D eigenvalue weighted by Gasteiger charge is -2.12. The Morgan fingerprint density at radius 3 is 2.28 bits per heavy atom. The maximum atomic E-state index is 11.9. The molecule has 0 amide bonds. The molecule has 5 rings (SSSR count). The zero-order valence-corrected chi connectivity index (χ0v) is 24.0. The van der Waals surface area contributed by atoms with Crippen molar-refractivity contribution in [2.75, 3.05) is 11.9 Å². The molecule has 0 atom stereocenters. The van der Waals surface area contributed by atoms with Crippen molar-refractivity contribution in [3.05, 3.63) is 114 Å². The van der Waals surface area contributed by atoms with Crippen LogP contribution in [0, 0.1) is 12.7 Å². The third-order valence-electron chi connectivity index (χ3n) is 5.19. The van der Waals surface area contributed by atoms with Crippen molar-refractivity contribution in [3.8, 4) is 16.9 Å². The van der Waals surface area contributed by atoms with Gasteiger partial charge in [0.1, 0.15) is 23.7 Å². The van der Waals surface area contributed by atoms with E-state index in [1.165, 1.54) is 12.1 Å². The average molecular weight is 545 g/mol. The molecule has 39 heavy (non-hydrogen) atoms. The molecular weight excluding hydrogens is 507 g/mol. The molecule has 0 bridgehead atoms. The molecule has 0 spiro atoms. The first-order chi connectivity index (χ1) is 19.0. The number of hydrogen-bond acceptors (Lipinski definition) is 5. The Bertz CT molecular complexity index is 1400. The van der Waals surface area contributed by atoms with E-state index in [2.05, 4.69) is 51.1 Å². The van der Waals surface area contributed by atoms with E-state index in [0.717, 1.165) is 44.8 Å². The molecule has 0 saturated heterocycles. The molecule has 3 aromatic carbocycles. The minimum Gasteiger partial charge on any atom is -0.494 e. The summed E-state index contributed by atoms with van der Waals surface area (Å²) in [6.07, 6.45) is 7.35. The number of ether oxygens (including phenoxy) is 1. The number of benzene rings is 3. The van der Waals surface area contributed by atoms with Gasteiger partial charge in [-0.15, -0.1) is 0 Å². The first-order valence-electron chi connectivity index (χ1n) is 12.9. The van der Waals surface area contributed by atoms with Crippen LogP contribution in [0.3, 0.4) is 0 Å². The van der Waals surface area contributed by atoms with Gasteiger partial charge in [-0.05, 0) is 91.4 Å². The van der Waals surface area contributed by atoms with Crippen molar-refractivity contribution < 1.29 is 9.13 Å². The number of allylic oxidation sites excluding steroid dienone is 1. The molecule has 2 aromatic heterocycles. The quantitative estimate of drug-likeness (QED) is 0.193. The largest absolute Gasteiger partial charge is 0.494 e. The normalized spacial score (nSPS) is 9.92. The fourth-order valence-corrected chi connectivity index (χ4v) is 3.44. The Labute approximate surface area is 236 Å². The molecule has 0 fully saturated rings. The summed E-state index contributed by atoms with van der Waals surface area (Å²) in [6.45, 7) is 10.6. The second-order valence-electron chi connectivity index (χ2n) is 7.87. The van der Waals surface area contributed by atoms with Gasteiger partial charge in [-0.25, -0.2) is 14.4 Å². The molecule has 2 N–H and O–H groups in total. The fourth-order valence-electron chi connectivity index (χ4n) is 3.44. The highest BCUT2D eigenvalue weighted by Crippen LogP contribution is 2.29. The van der Waals surface area contributed by atoms with E-state index in [1.54, 1.807) is 29.9 Å². The number of aromatic amines is 1. The number of nitrogens with one attached hydrogen (secondary N) is 2. The van der Waals surface area contributed by atoms with Gasteiger partial charge in [0.25, 0.3) is 0 Å². The van der Waals surface area contributed by atoms with Crippen molar-refractivity contribution in [1.29, 1.82) is 0 Å². The highest BCUT2D eigenvalue weighted by molar-refractivity contribution is 7.83. The van der Waals surface area contributed by atoms with Crippen LogP contribution in [0.15, 0.2) is 103 Å². The number of fused-ring (bicyclic) bond motifs is 1. The molecule has 204 valence electrons. The van der Waals surface area contributed by atoms with Gasteiger partial charge in [0, 0.05) is 23.5 Å². The van der Waals surface area contributed by atoms with Crippen LogP contribution in [0.4, 0.5) is 15.9 Å². The molecule has 0 aliphatic heterocycles. The number of aryl methyl sites for hydroxylation is 1. The summed E-state index contributed by atoms with van der Waals surface area (Å²) >= 11 is 3.74. The Balaban J connectivity index is 0.000000342. The number of nitrogens with zero attached hydrogens (tertiary/aromatic N) is 2. The second-order valence-corrected chi connectivity index (χ2v) is 8.17. The van der Waals surface area contributed by atoms with E-state index < -0.39 is 0 Å². The summed E-state index contributed by atoms with van der Waals surface area (Å²) in [4.78, 5) is 11.9.